The third kappa shape index (κ3) is 4.36. The van der Waals surface area contributed by atoms with Crippen molar-refractivity contribution < 1.29 is 13.9 Å². The summed E-state index contributed by atoms with van der Waals surface area (Å²) in [7, 11) is 1.62. The summed E-state index contributed by atoms with van der Waals surface area (Å²) in [5.74, 6) is -0.182. The van der Waals surface area contributed by atoms with Gasteiger partial charge in [-0.3, -0.25) is 4.79 Å². The van der Waals surface area contributed by atoms with Crippen LogP contribution in [0.3, 0.4) is 0 Å². The summed E-state index contributed by atoms with van der Waals surface area (Å²) < 4.78 is 20.3. The minimum absolute atomic E-state index is 0.0377. The Bertz CT molecular complexity index is 1100. The molecule has 1 amide bonds. The molecule has 1 N–H and O–H groups in total. The lowest BCUT2D eigenvalue weighted by Gasteiger charge is -2.10. The number of nitrogens with zero attached hydrogens (tertiary/aromatic N) is 2. The van der Waals surface area contributed by atoms with Crippen molar-refractivity contribution in [1.29, 1.82) is 5.26 Å². The molecular weight excluding hydrogens is 369 g/mol. The molecule has 3 aromatic rings. The van der Waals surface area contributed by atoms with Crippen LogP contribution in [-0.2, 0) is 4.79 Å². The molecule has 0 aliphatic carbocycles. The van der Waals surface area contributed by atoms with E-state index >= 15 is 0 Å². The van der Waals surface area contributed by atoms with Gasteiger partial charge in [0.1, 0.15) is 23.2 Å². The second-order valence-corrected chi connectivity index (χ2v) is 6.49. The number of nitriles is 1. The number of halogens is 1. The Morgan fingerprint density at radius 3 is 2.38 bits per heavy atom. The fraction of sp³-hybridized carbons (Fsp3) is 0.130. The summed E-state index contributed by atoms with van der Waals surface area (Å²) in [5.41, 5.74) is 3.97. The first kappa shape index (κ1) is 19.9. The Morgan fingerprint density at radius 1 is 1.14 bits per heavy atom. The van der Waals surface area contributed by atoms with Gasteiger partial charge in [0.05, 0.1) is 7.11 Å². The van der Waals surface area contributed by atoms with E-state index in [1.165, 1.54) is 24.3 Å². The van der Waals surface area contributed by atoms with E-state index in [0.717, 1.165) is 28.4 Å². The van der Waals surface area contributed by atoms with Gasteiger partial charge in [0, 0.05) is 22.8 Å². The van der Waals surface area contributed by atoms with Crippen molar-refractivity contribution in [3.63, 3.8) is 0 Å². The molecule has 3 rings (SSSR count). The number of nitrogens with one attached hydrogen (secondary N) is 1. The molecule has 0 radical (unpaired) electrons. The smallest absolute Gasteiger partial charge is 0.266 e. The Balaban J connectivity index is 1.90. The van der Waals surface area contributed by atoms with Crippen molar-refractivity contribution in [3.05, 3.63) is 82.9 Å². The van der Waals surface area contributed by atoms with Crippen molar-refractivity contribution >= 4 is 17.7 Å². The summed E-state index contributed by atoms with van der Waals surface area (Å²) >= 11 is 0. The van der Waals surface area contributed by atoms with E-state index in [9.17, 15) is 14.4 Å². The zero-order chi connectivity index (χ0) is 21.0. The van der Waals surface area contributed by atoms with Crippen LogP contribution in [0.5, 0.6) is 5.75 Å². The first-order valence-electron chi connectivity index (χ1n) is 8.95. The SMILES string of the molecule is COc1ccc(-n2c(C)cc(/C=C(\C#N)C(=O)Nc3ccc(F)cc3)c2C)cc1. The molecule has 0 saturated carbocycles. The monoisotopic (exact) mass is 389 g/mol. The number of anilines is 1. The number of aryl methyl sites for hydroxylation is 1. The highest BCUT2D eigenvalue weighted by molar-refractivity contribution is 6.09. The third-order valence-electron chi connectivity index (χ3n) is 4.57. The maximum absolute atomic E-state index is 13.0. The maximum atomic E-state index is 13.0. The summed E-state index contributed by atoms with van der Waals surface area (Å²) in [5, 5.41) is 12.1. The van der Waals surface area contributed by atoms with Crippen LogP contribution in [0.1, 0.15) is 17.0 Å². The molecule has 0 spiro atoms. The second-order valence-electron chi connectivity index (χ2n) is 6.49. The molecule has 146 valence electrons. The zero-order valence-corrected chi connectivity index (χ0v) is 16.4. The van der Waals surface area contributed by atoms with E-state index in [0.29, 0.717) is 5.69 Å². The topological polar surface area (TPSA) is 67.0 Å². The van der Waals surface area contributed by atoms with Gasteiger partial charge in [-0.05, 0) is 80.1 Å². The average molecular weight is 389 g/mol. The van der Waals surface area contributed by atoms with E-state index in [1.54, 1.807) is 13.2 Å². The highest BCUT2D eigenvalue weighted by Gasteiger charge is 2.14. The summed E-state index contributed by atoms with van der Waals surface area (Å²) in [6, 6.07) is 16.9. The number of ether oxygens (including phenoxy) is 1. The van der Waals surface area contributed by atoms with Gasteiger partial charge in [0.2, 0.25) is 0 Å². The lowest BCUT2D eigenvalue weighted by atomic mass is 10.1. The van der Waals surface area contributed by atoms with Crippen molar-refractivity contribution in [2.45, 2.75) is 13.8 Å². The molecule has 0 atom stereocenters. The van der Waals surface area contributed by atoms with Crippen molar-refractivity contribution in [1.82, 2.24) is 4.57 Å². The largest absolute Gasteiger partial charge is 0.497 e. The standard InChI is InChI=1S/C23H20FN3O2/c1-15-12-17(16(2)27(15)21-8-10-22(29-3)11-9-21)13-18(14-25)23(28)26-20-6-4-19(24)5-7-20/h4-13H,1-3H3,(H,26,28)/b18-13+. The van der Waals surface area contributed by atoms with Gasteiger partial charge in [-0.25, -0.2) is 4.39 Å². The molecule has 0 fully saturated rings. The van der Waals surface area contributed by atoms with Crippen LogP contribution >= 0.6 is 0 Å². The van der Waals surface area contributed by atoms with Gasteiger partial charge >= 0.3 is 0 Å². The minimum Gasteiger partial charge on any atom is -0.497 e. The molecule has 0 aliphatic rings. The van der Waals surface area contributed by atoms with Crippen LogP contribution in [0.2, 0.25) is 0 Å². The summed E-state index contributed by atoms with van der Waals surface area (Å²) in [6.07, 6.45) is 1.56. The fourth-order valence-electron chi connectivity index (χ4n) is 3.10. The van der Waals surface area contributed by atoms with Crippen LogP contribution in [0, 0.1) is 31.0 Å². The Kier molecular flexibility index (Phi) is 5.79. The van der Waals surface area contributed by atoms with Crippen molar-refractivity contribution in [2.24, 2.45) is 0 Å². The molecule has 0 aliphatic heterocycles. The molecule has 6 heteroatoms. The molecule has 0 saturated heterocycles. The quantitative estimate of drug-likeness (QED) is 0.504. The number of carbonyl (C=O) groups is 1. The van der Waals surface area contributed by atoms with Crippen LogP contribution in [0.4, 0.5) is 10.1 Å². The number of amides is 1. The molecular formula is C23H20FN3O2. The highest BCUT2D eigenvalue weighted by atomic mass is 19.1. The lowest BCUT2D eigenvalue weighted by Crippen LogP contribution is -2.13. The summed E-state index contributed by atoms with van der Waals surface area (Å²) in [4.78, 5) is 12.5. The van der Waals surface area contributed by atoms with Crippen LogP contribution in [-0.4, -0.2) is 17.6 Å². The number of methoxy groups -OCH3 is 1. The Labute approximate surface area is 168 Å². The fourth-order valence-corrected chi connectivity index (χ4v) is 3.10. The van der Waals surface area contributed by atoms with Crippen molar-refractivity contribution in [2.75, 3.05) is 12.4 Å². The van der Waals surface area contributed by atoms with Gasteiger partial charge in [-0.1, -0.05) is 0 Å². The number of aromatic nitrogens is 1. The number of hydrogen-bond donors (Lipinski definition) is 1. The van der Waals surface area contributed by atoms with E-state index in [1.807, 2.05) is 54.8 Å². The van der Waals surface area contributed by atoms with E-state index in [4.69, 9.17) is 4.74 Å². The average Bonchev–Trinajstić information content (AvgIpc) is 3.00. The molecule has 0 unspecified atom stereocenters. The molecule has 2 aromatic carbocycles. The number of carbonyl (C=O) groups excluding carboxylic acids is 1. The van der Waals surface area contributed by atoms with Crippen LogP contribution < -0.4 is 10.1 Å². The van der Waals surface area contributed by atoms with Gasteiger partial charge in [-0.2, -0.15) is 5.26 Å². The molecule has 5 nitrogen and oxygen atoms in total. The normalized spacial score (nSPS) is 11.1. The third-order valence-corrected chi connectivity index (χ3v) is 4.57. The molecule has 1 heterocycles. The van der Waals surface area contributed by atoms with E-state index in [-0.39, 0.29) is 5.57 Å². The van der Waals surface area contributed by atoms with Gasteiger partial charge in [0.15, 0.2) is 0 Å². The first-order chi connectivity index (χ1) is 13.9. The Hall–Kier alpha value is -3.85. The van der Waals surface area contributed by atoms with Gasteiger partial charge in [0.25, 0.3) is 5.91 Å². The second kappa shape index (κ2) is 8.44. The first-order valence-corrected chi connectivity index (χ1v) is 8.95. The minimum atomic E-state index is -0.548. The maximum Gasteiger partial charge on any atom is 0.266 e. The van der Waals surface area contributed by atoms with Crippen LogP contribution in [0.25, 0.3) is 11.8 Å². The van der Waals surface area contributed by atoms with E-state index < -0.39 is 11.7 Å². The molecule has 1 aromatic heterocycles. The molecule has 0 bridgehead atoms. The zero-order valence-electron chi connectivity index (χ0n) is 16.4. The van der Waals surface area contributed by atoms with Gasteiger partial charge in [-0.15, -0.1) is 0 Å². The number of hydrogen-bond acceptors (Lipinski definition) is 3. The summed E-state index contributed by atoms with van der Waals surface area (Å²) in [6.45, 7) is 3.88. The van der Waals surface area contributed by atoms with E-state index in [2.05, 4.69) is 5.32 Å². The highest BCUT2D eigenvalue weighted by Crippen LogP contribution is 2.24. The lowest BCUT2D eigenvalue weighted by molar-refractivity contribution is -0.112. The predicted molar refractivity (Wildman–Crippen MR) is 110 cm³/mol. The number of benzene rings is 2. The molecule has 29 heavy (non-hydrogen) atoms. The Morgan fingerprint density at radius 2 is 1.79 bits per heavy atom. The predicted octanol–water partition coefficient (Wildman–Crippen LogP) is 4.79. The van der Waals surface area contributed by atoms with Crippen molar-refractivity contribution in [3.8, 4) is 17.5 Å². The van der Waals surface area contributed by atoms with Gasteiger partial charge < -0.3 is 14.6 Å². The van der Waals surface area contributed by atoms with Crippen LogP contribution in [0.15, 0.2) is 60.2 Å². The number of rotatable bonds is 5.